The van der Waals surface area contributed by atoms with Gasteiger partial charge < -0.3 is 9.64 Å². The van der Waals surface area contributed by atoms with E-state index < -0.39 is 12.7 Å². The average Bonchev–Trinajstić information content (AvgIpc) is 2.83. The molecule has 2 N–H and O–H groups in total. The van der Waals surface area contributed by atoms with Gasteiger partial charge in [-0.3, -0.25) is 0 Å². The predicted molar refractivity (Wildman–Crippen MR) is 118 cm³/mol. The molecule has 2 heterocycles. The van der Waals surface area contributed by atoms with Crippen LogP contribution in [-0.2, 0) is 24.1 Å². The Hall–Kier alpha value is -2.68. The number of benzene rings is 2. The molecule has 0 spiro atoms. The van der Waals surface area contributed by atoms with Gasteiger partial charge in [0.05, 0.1) is 18.9 Å². The van der Waals surface area contributed by atoms with Gasteiger partial charge in [0.15, 0.2) is 0 Å². The van der Waals surface area contributed by atoms with Gasteiger partial charge >= 0.3 is 159 Å². The first-order valence-electron chi connectivity index (χ1n) is 10.5. The summed E-state index contributed by atoms with van der Waals surface area (Å²) in [5, 5.41) is 5.40. The van der Waals surface area contributed by atoms with Crippen molar-refractivity contribution in [3.05, 3.63) is 66.1 Å². The van der Waals surface area contributed by atoms with Gasteiger partial charge in [0.1, 0.15) is 0 Å². The monoisotopic (exact) mass is 557 g/mol. The minimum Gasteiger partial charge on any atom is -0.378 e. The Morgan fingerprint density at radius 1 is 1.06 bits per heavy atom. The molecule has 3 aromatic rings. The van der Waals surface area contributed by atoms with Crippen molar-refractivity contribution in [2.75, 3.05) is 43.1 Å². The molecule has 34 heavy (non-hydrogen) atoms. The second-order valence-electron chi connectivity index (χ2n) is 7.53. The number of hydrogen-bond donors (Lipinski definition) is 2. The zero-order valence-electron chi connectivity index (χ0n) is 17.9. The van der Waals surface area contributed by atoms with Crippen LogP contribution in [0.3, 0.4) is 0 Å². The molecule has 0 atom stereocenters. The molecule has 1 aromatic heterocycles. The van der Waals surface area contributed by atoms with Gasteiger partial charge in [-0.2, -0.15) is 0 Å². The van der Waals surface area contributed by atoms with Crippen molar-refractivity contribution in [3.8, 4) is 11.3 Å². The average molecular weight is 555 g/mol. The Balaban J connectivity index is 1.44. The van der Waals surface area contributed by atoms with Crippen molar-refractivity contribution in [1.82, 2.24) is 15.3 Å². The molecule has 0 radical (unpaired) electrons. The third-order valence-corrected chi connectivity index (χ3v) is 6.04. The van der Waals surface area contributed by atoms with Crippen molar-refractivity contribution in [2.45, 2.75) is 6.18 Å². The molecule has 1 aliphatic heterocycles. The fourth-order valence-electron chi connectivity index (χ4n) is 3.43. The number of anilines is 3. The van der Waals surface area contributed by atoms with Gasteiger partial charge in [-0.25, -0.2) is 4.39 Å². The van der Waals surface area contributed by atoms with Crippen LogP contribution in [-0.4, -0.2) is 53.0 Å². The summed E-state index contributed by atoms with van der Waals surface area (Å²) in [5.41, 5.74) is 3.09. The molecule has 0 amide bonds. The van der Waals surface area contributed by atoms with Crippen molar-refractivity contribution >= 4 is 21.3 Å². The van der Waals surface area contributed by atoms with Crippen molar-refractivity contribution in [2.24, 2.45) is 0 Å². The summed E-state index contributed by atoms with van der Waals surface area (Å²) in [6.45, 7) is 1.34. The van der Waals surface area contributed by atoms with E-state index in [1.54, 1.807) is 48.7 Å². The van der Waals surface area contributed by atoms with Crippen molar-refractivity contribution in [3.63, 3.8) is 0 Å². The van der Waals surface area contributed by atoms with Crippen LogP contribution in [0.5, 0.6) is 0 Å². The van der Waals surface area contributed by atoms with Gasteiger partial charge in [0.25, 0.3) is 0 Å². The summed E-state index contributed by atoms with van der Waals surface area (Å²) < 4.78 is 57.7. The number of rotatable bonds is 7. The van der Waals surface area contributed by atoms with E-state index in [1.165, 1.54) is 25.4 Å². The molecule has 1 fully saturated rings. The molecular formula is C23H21F4MoN5O. The minimum atomic E-state index is -4.28. The van der Waals surface area contributed by atoms with E-state index in [0.717, 1.165) is 5.56 Å². The van der Waals surface area contributed by atoms with E-state index in [-0.39, 0.29) is 5.82 Å². The van der Waals surface area contributed by atoms with Crippen LogP contribution in [0, 0.1) is 5.82 Å². The number of alkyl halides is 3. The van der Waals surface area contributed by atoms with E-state index in [2.05, 4.69) is 20.6 Å². The van der Waals surface area contributed by atoms with Crippen LogP contribution in [0.15, 0.2) is 54.7 Å². The molecule has 0 aliphatic carbocycles. The van der Waals surface area contributed by atoms with Crippen molar-refractivity contribution < 1.29 is 41.7 Å². The maximum absolute atomic E-state index is 14.7. The van der Waals surface area contributed by atoms with E-state index in [0.29, 0.717) is 58.9 Å². The molecule has 2 aromatic carbocycles. The number of aromatic nitrogens is 2. The zero-order valence-corrected chi connectivity index (χ0v) is 19.9. The molecular weight excluding hydrogens is 534 g/mol. The Morgan fingerprint density at radius 2 is 1.79 bits per heavy atom. The fraction of sp³-hybridized carbons (Fsp3) is 0.261. The van der Waals surface area contributed by atoms with Gasteiger partial charge in [-0.1, -0.05) is 0 Å². The molecule has 1 aliphatic rings. The number of morpholine rings is 1. The first kappa shape index (κ1) is 24.4. The van der Waals surface area contributed by atoms with Crippen LogP contribution in [0.25, 0.3) is 11.3 Å². The summed E-state index contributed by atoms with van der Waals surface area (Å²) in [4.78, 5) is 10.6. The maximum atomic E-state index is 14.7. The minimum absolute atomic E-state index is 0.301. The van der Waals surface area contributed by atoms with Crippen molar-refractivity contribution in [1.29, 1.82) is 0 Å². The number of nitrogens with one attached hydrogen (secondary N) is 2. The van der Waals surface area contributed by atoms with Crippen LogP contribution < -0.4 is 15.5 Å². The summed E-state index contributed by atoms with van der Waals surface area (Å²) in [6.07, 6.45) is -2.70. The first-order chi connectivity index (χ1) is 16.3. The molecule has 11 heteroatoms. The molecule has 4 rings (SSSR count). The standard InChI is InChI=1S/C23H21F4N5O.Mo/c24-19-13-18(5-6-21(19)32-9-11-33-12-10-32)30-22-29-8-7-20(31-22)17-3-1-16(2-4-17)14-28-15-23(25,26)27;/h1-8,13,28H,9-12,15H2,(H,29,30,31);. The molecule has 0 bridgehead atoms. The predicted octanol–water partition coefficient (Wildman–Crippen LogP) is 4.04. The summed E-state index contributed by atoms with van der Waals surface area (Å²) in [6, 6.07) is 13.6. The van der Waals surface area contributed by atoms with E-state index >= 15 is 0 Å². The van der Waals surface area contributed by atoms with Crippen LogP contribution in [0.2, 0.25) is 0 Å². The molecule has 6 nitrogen and oxygen atoms in total. The third-order valence-electron chi connectivity index (χ3n) is 5.10. The molecule has 1 saturated heterocycles. The second-order valence-corrected chi connectivity index (χ2v) is 8.53. The van der Waals surface area contributed by atoms with Crippen LogP contribution in [0.1, 0.15) is 5.56 Å². The van der Waals surface area contributed by atoms with Gasteiger partial charge in [-0.15, -0.1) is 0 Å². The molecule has 0 unspecified atom stereocenters. The fourth-order valence-corrected chi connectivity index (χ4v) is 3.94. The Bertz CT molecular complexity index is 1150. The smallest absolute Gasteiger partial charge is 0.378 e. The summed E-state index contributed by atoms with van der Waals surface area (Å²) in [5.74, 6) is -0.0418. The quantitative estimate of drug-likeness (QED) is 0.339. The summed E-state index contributed by atoms with van der Waals surface area (Å²) in [7, 11) is 0. The van der Waals surface area contributed by atoms with Gasteiger partial charge in [-0.05, 0) is 0 Å². The van der Waals surface area contributed by atoms with Gasteiger partial charge in [0.2, 0.25) is 0 Å². The summed E-state index contributed by atoms with van der Waals surface area (Å²) >= 11 is 1.51. The van der Waals surface area contributed by atoms with Gasteiger partial charge in [0, 0.05) is 13.1 Å². The first-order valence-corrected chi connectivity index (χ1v) is 11.5. The topological polar surface area (TPSA) is 62.3 Å². The number of hydrogen-bond acceptors (Lipinski definition) is 6. The third kappa shape index (κ3) is 6.46. The number of nitrogens with zero attached hydrogens (tertiary/aromatic N) is 3. The normalized spacial score (nSPS) is 14.2. The van der Waals surface area contributed by atoms with E-state index in [9.17, 15) is 17.6 Å². The SMILES string of the molecule is Fc1cc(Nc2nccc(-c3ccc([C](=[Mo])NCC(F)(F)F)cc3)n2)ccc1N1CCOCC1. The van der Waals surface area contributed by atoms with Crippen LogP contribution in [0.4, 0.5) is 34.9 Å². The number of ether oxygens (including phenoxy) is 1. The van der Waals surface area contributed by atoms with E-state index in [4.69, 9.17) is 4.74 Å². The molecule has 178 valence electrons. The van der Waals surface area contributed by atoms with Crippen LogP contribution >= 0.6 is 0 Å². The molecule has 0 saturated carbocycles. The second kappa shape index (κ2) is 10.7. The Labute approximate surface area is 204 Å². The number of halogens is 4. The van der Waals surface area contributed by atoms with E-state index in [1.807, 2.05) is 4.90 Å². The zero-order chi connectivity index (χ0) is 24.1. The Morgan fingerprint density at radius 3 is 2.47 bits per heavy atom. The Kier molecular flexibility index (Phi) is 7.70.